The van der Waals surface area contributed by atoms with Gasteiger partial charge in [0.25, 0.3) is 5.91 Å². The number of thiazole rings is 1. The van der Waals surface area contributed by atoms with E-state index in [0.29, 0.717) is 29.4 Å². The maximum absolute atomic E-state index is 12.3. The van der Waals surface area contributed by atoms with Gasteiger partial charge in [0.1, 0.15) is 5.82 Å². The van der Waals surface area contributed by atoms with E-state index in [4.69, 9.17) is 17.3 Å². The third-order valence-electron chi connectivity index (χ3n) is 5.27. The van der Waals surface area contributed by atoms with Crippen LogP contribution in [0, 0.1) is 0 Å². The van der Waals surface area contributed by atoms with Crippen molar-refractivity contribution >= 4 is 52.4 Å². The molecule has 2 aromatic heterocycles. The lowest BCUT2D eigenvalue weighted by molar-refractivity contribution is -0.134. The number of rotatable bonds is 3. The number of fused-ring (bicyclic) bond motifs is 1. The average molecular weight is 508 g/mol. The van der Waals surface area contributed by atoms with Crippen molar-refractivity contribution in [2.45, 2.75) is 31.8 Å². The number of hydrogen-bond donors (Lipinski definition) is 3. The van der Waals surface area contributed by atoms with Gasteiger partial charge in [-0.05, 0) is 25.6 Å². The molecular weight excluding hydrogens is 482 g/mol. The molecular formula is C21H26ClN7O4S. The van der Waals surface area contributed by atoms with Crippen LogP contribution in [-0.4, -0.2) is 76.6 Å². The summed E-state index contributed by atoms with van der Waals surface area (Å²) in [5, 5.41) is 6.19. The number of carbonyl (C=O) groups is 4. The highest BCUT2D eigenvalue weighted by Gasteiger charge is 2.26. The number of anilines is 1. The van der Waals surface area contributed by atoms with E-state index < -0.39 is 11.8 Å². The molecule has 0 radical (unpaired) electrons. The SMILES string of the molecule is CN1CCc2nc(C(=O)NC3CCC(=O)N(C)C3)sc2C1.NC(=O)C(=O)Nc1ccc(Cl)cn1. The van der Waals surface area contributed by atoms with Gasteiger partial charge in [-0.25, -0.2) is 9.97 Å². The van der Waals surface area contributed by atoms with Crippen LogP contribution in [0.3, 0.4) is 0 Å². The van der Waals surface area contributed by atoms with Crippen LogP contribution in [0.5, 0.6) is 0 Å². The predicted molar refractivity (Wildman–Crippen MR) is 127 cm³/mol. The lowest BCUT2D eigenvalue weighted by Gasteiger charge is -2.29. The van der Waals surface area contributed by atoms with Gasteiger partial charge in [-0.3, -0.25) is 19.2 Å². The molecule has 2 aliphatic heterocycles. The van der Waals surface area contributed by atoms with Crippen LogP contribution in [0.15, 0.2) is 18.3 Å². The van der Waals surface area contributed by atoms with Gasteiger partial charge < -0.3 is 26.2 Å². The number of amides is 4. The molecule has 2 aliphatic rings. The first-order valence-electron chi connectivity index (χ1n) is 10.6. The number of nitrogens with one attached hydrogen (secondary N) is 2. The van der Waals surface area contributed by atoms with Crippen molar-refractivity contribution < 1.29 is 19.2 Å². The quantitative estimate of drug-likeness (QED) is 0.516. The van der Waals surface area contributed by atoms with Gasteiger partial charge in [0.05, 0.1) is 10.7 Å². The molecule has 182 valence electrons. The Hall–Kier alpha value is -3.09. The maximum atomic E-state index is 12.3. The van der Waals surface area contributed by atoms with Crippen LogP contribution >= 0.6 is 22.9 Å². The largest absolute Gasteiger partial charge is 0.361 e. The first-order valence-corrected chi connectivity index (χ1v) is 11.8. The summed E-state index contributed by atoms with van der Waals surface area (Å²) in [6.07, 6.45) is 3.47. The van der Waals surface area contributed by atoms with Gasteiger partial charge in [0, 0.05) is 56.6 Å². The molecule has 2 aromatic rings. The summed E-state index contributed by atoms with van der Waals surface area (Å²) in [7, 11) is 3.86. The second-order valence-electron chi connectivity index (χ2n) is 8.04. The number of primary amides is 1. The number of hydrogen-bond acceptors (Lipinski definition) is 8. The normalized spacial score (nSPS) is 17.8. The Labute approximate surface area is 205 Å². The summed E-state index contributed by atoms with van der Waals surface area (Å²) in [5.41, 5.74) is 5.78. The average Bonchev–Trinajstić information content (AvgIpc) is 3.21. The van der Waals surface area contributed by atoms with E-state index in [-0.39, 0.29) is 23.7 Å². The summed E-state index contributed by atoms with van der Waals surface area (Å²) in [4.78, 5) is 58.2. The molecule has 1 fully saturated rings. The molecule has 0 spiro atoms. The molecule has 4 heterocycles. The van der Waals surface area contributed by atoms with Gasteiger partial charge in [-0.1, -0.05) is 11.6 Å². The third kappa shape index (κ3) is 6.95. The number of likely N-dealkylation sites (N-methyl/N-ethyl adjacent to an activating group) is 2. The smallest absolute Gasteiger partial charge is 0.314 e. The van der Waals surface area contributed by atoms with Crippen molar-refractivity contribution in [1.29, 1.82) is 0 Å². The van der Waals surface area contributed by atoms with E-state index in [2.05, 4.69) is 32.5 Å². The van der Waals surface area contributed by atoms with Crippen molar-refractivity contribution in [3.05, 3.63) is 38.9 Å². The summed E-state index contributed by atoms with van der Waals surface area (Å²) < 4.78 is 0. The summed E-state index contributed by atoms with van der Waals surface area (Å²) >= 11 is 7.04. The second-order valence-corrected chi connectivity index (χ2v) is 9.56. The highest BCUT2D eigenvalue weighted by atomic mass is 35.5. The van der Waals surface area contributed by atoms with Crippen molar-refractivity contribution in [2.75, 3.05) is 32.5 Å². The molecule has 0 aromatic carbocycles. The first kappa shape index (κ1) is 25.5. The van der Waals surface area contributed by atoms with Crippen LogP contribution in [0.25, 0.3) is 0 Å². The highest BCUT2D eigenvalue weighted by Crippen LogP contribution is 2.24. The fraction of sp³-hybridized carbons (Fsp3) is 0.429. The molecule has 13 heteroatoms. The van der Waals surface area contributed by atoms with E-state index in [1.807, 2.05) is 0 Å². The van der Waals surface area contributed by atoms with Gasteiger partial charge in [-0.2, -0.15) is 0 Å². The maximum Gasteiger partial charge on any atom is 0.314 e. The van der Waals surface area contributed by atoms with E-state index in [0.717, 1.165) is 25.2 Å². The Bertz CT molecular complexity index is 1080. The lowest BCUT2D eigenvalue weighted by atomic mass is 10.1. The zero-order chi connectivity index (χ0) is 24.8. The number of piperidine rings is 1. The monoisotopic (exact) mass is 507 g/mol. The van der Waals surface area contributed by atoms with Gasteiger partial charge in [0.15, 0.2) is 5.01 Å². The van der Waals surface area contributed by atoms with E-state index >= 15 is 0 Å². The number of carbonyl (C=O) groups excluding carboxylic acids is 4. The van der Waals surface area contributed by atoms with E-state index in [9.17, 15) is 19.2 Å². The minimum Gasteiger partial charge on any atom is -0.361 e. The summed E-state index contributed by atoms with van der Waals surface area (Å²) in [6, 6.07) is 3.03. The van der Waals surface area contributed by atoms with Crippen LogP contribution in [0.1, 0.15) is 33.2 Å². The standard InChI is InChI=1S/C14H20N4O2S.C7H6ClN3O2/c1-17-6-5-10-11(8-17)21-14(16-10)13(20)15-9-3-4-12(19)18(2)7-9;8-4-1-2-5(10-3-4)11-7(13)6(9)12/h9H,3-8H2,1-2H3,(H,15,20);1-3H,(H2,9,12)(H,10,11,13). The Balaban J connectivity index is 0.000000215. The number of halogens is 1. The van der Waals surface area contributed by atoms with Crippen molar-refractivity contribution in [1.82, 2.24) is 25.1 Å². The molecule has 0 bridgehead atoms. The molecule has 0 aliphatic carbocycles. The topological polar surface area (TPSA) is 151 Å². The molecule has 4 amide bonds. The van der Waals surface area contributed by atoms with Crippen molar-refractivity contribution in [2.24, 2.45) is 5.73 Å². The fourth-order valence-electron chi connectivity index (χ4n) is 3.43. The molecule has 0 saturated carbocycles. The Morgan fingerprint density at radius 3 is 2.65 bits per heavy atom. The number of pyridine rings is 1. The van der Waals surface area contributed by atoms with E-state index in [1.165, 1.54) is 34.5 Å². The first-order chi connectivity index (χ1) is 16.1. The van der Waals surface area contributed by atoms with Crippen LogP contribution in [-0.2, 0) is 27.3 Å². The van der Waals surface area contributed by atoms with Gasteiger partial charge >= 0.3 is 11.8 Å². The number of aromatic nitrogens is 2. The lowest BCUT2D eigenvalue weighted by Crippen LogP contribution is -2.48. The summed E-state index contributed by atoms with van der Waals surface area (Å²) in [5.74, 6) is -1.70. The van der Waals surface area contributed by atoms with Crippen molar-refractivity contribution in [3.8, 4) is 0 Å². The van der Waals surface area contributed by atoms with E-state index in [1.54, 1.807) is 11.9 Å². The minimum atomic E-state index is -1.06. The Morgan fingerprint density at radius 1 is 1.24 bits per heavy atom. The predicted octanol–water partition coefficient (Wildman–Crippen LogP) is 0.640. The third-order valence-corrected chi connectivity index (χ3v) is 6.58. The number of likely N-dealkylation sites (tertiary alicyclic amines) is 1. The zero-order valence-corrected chi connectivity index (χ0v) is 20.4. The minimum absolute atomic E-state index is 0.0313. The second kappa shape index (κ2) is 11.4. The highest BCUT2D eigenvalue weighted by molar-refractivity contribution is 7.13. The van der Waals surface area contributed by atoms with Crippen LogP contribution in [0.2, 0.25) is 5.02 Å². The van der Waals surface area contributed by atoms with Gasteiger partial charge in [-0.15, -0.1) is 11.3 Å². The van der Waals surface area contributed by atoms with Crippen molar-refractivity contribution in [3.63, 3.8) is 0 Å². The van der Waals surface area contributed by atoms with Crippen LogP contribution < -0.4 is 16.4 Å². The molecule has 1 atom stereocenters. The molecule has 34 heavy (non-hydrogen) atoms. The molecule has 1 unspecified atom stereocenters. The fourth-order valence-corrected chi connectivity index (χ4v) is 4.63. The number of nitrogens with zero attached hydrogens (tertiary/aromatic N) is 4. The Kier molecular flexibility index (Phi) is 8.53. The Morgan fingerprint density at radius 2 is 2.00 bits per heavy atom. The van der Waals surface area contributed by atoms with Gasteiger partial charge in [0.2, 0.25) is 5.91 Å². The molecule has 4 N–H and O–H groups in total. The molecule has 1 saturated heterocycles. The molecule has 11 nitrogen and oxygen atoms in total. The zero-order valence-electron chi connectivity index (χ0n) is 18.8. The molecule has 4 rings (SSSR count). The summed E-state index contributed by atoms with van der Waals surface area (Å²) in [6.45, 7) is 2.45. The number of nitrogens with two attached hydrogens (primary N) is 1. The van der Waals surface area contributed by atoms with Crippen LogP contribution in [0.4, 0.5) is 5.82 Å².